The number of benzene rings is 2. The minimum atomic E-state index is 0.111. The molecule has 0 saturated heterocycles. The van der Waals surface area contributed by atoms with Gasteiger partial charge in [0.1, 0.15) is 11.5 Å². The third-order valence-electron chi connectivity index (χ3n) is 1.70. The molecule has 0 aromatic heterocycles. The molecule has 2 aromatic carbocycles. The van der Waals surface area contributed by atoms with Gasteiger partial charge in [0.25, 0.3) is 0 Å². The van der Waals surface area contributed by atoms with Crippen LogP contribution in [-0.4, -0.2) is 10.2 Å². The van der Waals surface area contributed by atoms with E-state index in [1.54, 1.807) is 12.1 Å². The monoisotopic (exact) mass is 158 g/mol. The molecule has 0 aliphatic carbocycles. The molecule has 0 amide bonds. The summed E-state index contributed by atoms with van der Waals surface area (Å²) in [4.78, 5) is 0. The Kier molecular flexibility index (Phi) is 1.40. The van der Waals surface area contributed by atoms with E-state index in [1.165, 1.54) is 12.1 Å². The fourth-order valence-corrected chi connectivity index (χ4v) is 1.12. The average molecular weight is 158 g/mol. The van der Waals surface area contributed by atoms with Crippen LogP contribution < -0.4 is 0 Å². The first-order valence-corrected chi connectivity index (χ1v) is 3.52. The molecule has 2 radical (unpaired) electrons. The SMILES string of the molecule is Oc1ccc(O)c2[c]cc[c]c12. The zero-order chi connectivity index (χ0) is 8.55. The molecular weight excluding hydrogens is 152 g/mol. The molecule has 0 saturated carbocycles. The Morgan fingerprint density at radius 3 is 1.67 bits per heavy atom. The molecule has 2 nitrogen and oxygen atoms in total. The number of hydrogen-bond acceptors (Lipinski definition) is 2. The topological polar surface area (TPSA) is 40.5 Å². The first-order valence-electron chi connectivity index (χ1n) is 3.52. The van der Waals surface area contributed by atoms with Crippen LogP contribution in [0.1, 0.15) is 0 Å². The van der Waals surface area contributed by atoms with E-state index in [0.29, 0.717) is 10.8 Å². The van der Waals surface area contributed by atoms with E-state index < -0.39 is 0 Å². The van der Waals surface area contributed by atoms with Gasteiger partial charge in [-0.3, -0.25) is 0 Å². The lowest BCUT2D eigenvalue weighted by atomic mass is 10.1. The molecule has 0 heterocycles. The first kappa shape index (κ1) is 6.98. The zero-order valence-corrected chi connectivity index (χ0v) is 6.20. The number of phenolic OH excluding ortho intramolecular Hbond substituents is 2. The van der Waals surface area contributed by atoms with Crippen LogP contribution in [0.15, 0.2) is 24.3 Å². The van der Waals surface area contributed by atoms with Gasteiger partial charge < -0.3 is 10.2 Å². The van der Waals surface area contributed by atoms with Crippen LogP contribution >= 0.6 is 0 Å². The van der Waals surface area contributed by atoms with Crippen molar-refractivity contribution in [3.8, 4) is 11.5 Å². The van der Waals surface area contributed by atoms with Gasteiger partial charge in [0.05, 0.1) is 0 Å². The van der Waals surface area contributed by atoms with Gasteiger partial charge in [-0.2, -0.15) is 0 Å². The van der Waals surface area contributed by atoms with Crippen molar-refractivity contribution in [3.63, 3.8) is 0 Å². The van der Waals surface area contributed by atoms with Crippen molar-refractivity contribution in [3.05, 3.63) is 36.4 Å². The molecule has 0 aliphatic rings. The smallest absolute Gasteiger partial charge is 0.124 e. The second kappa shape index (κ2) is 2.41. The Hall–Kier alpha value is -1.70. The molecular formula is C10H6O2. The summed E-state index contributed by atoms with van der Waals surface area (Å²) < 4.78 is 0. The van der Waals surface area contributed by atoms with Crippen LogP contribution in [0.25, 0.3) is 10.8 Å². The van der Waals surface area contributed by atoms with Crippen molar-refractivity contribution >= 4 is 10.8 Å². The van der Waals surface area contributed by atoms with Gasteiger partial charge in [0.15, 0.2) is 0 Å². The summed E-state index contributed by atoms with van der Waals surface area (Å²) in [5, 5.41) is 19.7. The Labute approximate surface area is 69.7 Å². The van der Waals surface area contributed by atoms with Gasteiger partial charge in [0.2, 0.25) is 0 Å². The quantitative estimate of drug-likeness (QED) is 0.574. The average Bonchev–Trinajstić information content (AvgIpc) is 2.12. The molecule has 2 heteroatoms. The predicted octanol–water partition coefficient (Wildman–Crippen LogP) is 1.85. The first-order chi connectivity index (χ1) is 5.79. The van der Waals surface area contributed by atoms with Crippen molar-refractivity contribution in [1.82, 2.24) is 0 Å². The molecule has 0 bridgehead atoms. The molecule has 58 valence electrons. The Balaban J connectivity index is 2.95. The van der Waals surface area contributed by atoms with E-state index in [1.807, 2.05) is 0 Å². The summed E-state index contributed by atoms with van der Waals surface area (Å²) in [6.07, 6.45) is 0. The Morgan fingerprint density at radius 1 is 0.833 bits per heavy atom. The number of hydrogen-bond donors (Lipinski definition) is 2. The van der Waals surface area contributed by atoms with Crippen LogP contribution in [-0.2, 0) is 0 Å². The molecule has 0 spiro atoms. The van der Waals surface area contributed by atoms with Gasteiger partial charge in [-0.05, 0) is 24.3 Å². The van der Waals surface area contributed by atoms with Gasteiger partial charge in [-0.1, -0.05) is 12.1 Å². The summed E-state index contributed by atoms with van der Waals surface area (Å²) in [7, 11) is 0. The number of phenols is 2. The summed E-state index contributed by atoms with van der Waals surface area (Å²) in [5.41, 5.74) is 0. The van der Waals surface area contributed by atoms with Gasteiger partial charge in [-0.15, -0.1) is 0 Å². The van der Waals surface area contributed by atoms with Crippen molar-refractivity contribution in [2.75, 3.05) is 0 Å². The third-order valence-corrected chi connectivity index (χ3v) is 1.70. The lowest BCUT2D eigenvalue weighted by Gasteiger charge is -2.00. The fraction of sp³-hybridized carbons (Fsp3) is 0. The van der Waals surface area contributed by atoms with Crippen LogP contribution in [0, 0.1) is 12.1 Å². The number of rotatable bonds is 0. The van der Waals surface area contributed by atoms with E-state index >= 15 is 0 Å². The molecule has 0 unspecified atom stereocenters. The fourth-order valence-electron chi connectivity index (χ4n) is 1.12. The maximum Gasteiger partial charge on any atom is 0.124 e. The van der Waals surface area contributed by atoms with E-state index in [2.05, 4.69) is 12.1 Å². The molecule has 0 fully saturated rings. The number of fused-ring (bicyclic) bond motifs is 1. The van der Waals surface area contributed by atoms with E-state index in [9.17, 15) is 10.2 Å². The maximum atomic E-state index is 9.33. The van der Waals surface area contributed by atoms with Gasteiger partial charge >= 0.3 is 0 Å². The summed E-state index contributed by atoms with van der Waals surface area (Å²) in [6, 6.07) is 11.8. The minimum Gasteiger partial charge on any atom is -0.507 e. The van der Waals surface area contributed by atoms with E-state index in [4.69, 9.17) is 0 Å². The van der Waals surface area contributed by atoms with Gasteiger partial charge in [-0.25, -0.2) is 0 Å². The minimum absolute atomic E-state index is 0.111. The standard InChI is InChI=1S/C10H6O2/c11-9-5-6-10(12)8-4-2-1-3-7(8)9/h1-2,5-6,11-12H. The highest BCUT2D eigenvalue weighted by atomic mass is 16.3. The highest BCUT2D eigenvalue weighted by Gasteiger charge is 2.02. The van der Waals surface area contributed by atoms with E-state index in [0.717, 1.165) is 0 Å². The Bertz CT molecular complexity index is 381. The largest absolute Gasteiger partial charge is 0.507 e. The van der Waals surface area contributed by atoms with Crippen LogP contribution in [0.2, 0.25) is 0 Å². The van der Waals surface area contributed by atoms with Crippen molar-refractivity contribution < 1.29 is 10.2 Å². The van der Waals surface area contributed by atoms with Crippen LogP contribution in [0.4, 0.5) is 0 Å². The summed E-state index contributed by atoms with van der Waals surface area (Å²) in [6.45, 7) is 0. The molecule has 0 atom stereocenters. The lowest BCUT2D eigenvalue weighted by Crippen LogP contribution is -1.74. The van der Waals surface area contributed by atoms with Crippen molar-refractivity contribution in [2.45, 2.75) is 0 Å². The van der Waals surface area contributed by atoms with Crippen molar-refractivity contribution in [2.24, 2.45) is 0 Å². The highest BCUT2D eigenvalue weighted by molar-refractivity contribution is 5.91. The number of aromatic hydroxyl groups is 2. The molecule has 2 rings (SSSR count). The maximum absolute atomic E-state index is 9.33. The molecule has 0 aliphatic heterocycles. The molecule has 2 aromatic rings. The normalized spacial score (nSPS) is 10.3. The van der Waals surface area contributed by atoms with Gasteiger partial charge in [0, 0.05) is 10.8 Å². The highest BCUT2D eigenvalue weighted by Crippen LogP contribution is 2.30. The van der Waals surface area contributed by atoms with E-state index in [-0.39, 0.29) is 11.5 Å². The van der Waals surface area contributed by atoms with Crippen LogP contribution in [0.5, 0.6) is 11.5 Å². The lowest BCUT2D eigenvalue weighted by molar-refractivity contribution is 0.469. The molecule has 12 heavy (non-hydrogen) atoms. The van der Waals surface area contributed by atoms with Crippen LogP contribution in [0.3, 0.4) is 0 Å². The Morgan fingerprint density at radius 2 is 1.25 bits per heavy atom. The third kappa shape index (κ3) is 0.889. The zero-order valence-electron chi connectivity index (χ0n) is 6.20. The second-order valence-corrected chi connectivity index (χ2v) is 2.48. The second-order valence-electron chi connectivity index (χ2n) is 2.48. The molecule has 2 N–H and O–H groups in total. The predicted molar refractivity (Wildman–Crippen MR) is 44.9 cm³/mol. The summed E-state index contributed by atoms with van der Waals surface area (Å²) in [5.74, 6) is 0.222. The summed E-state index contributed by atoms with van der Waals surface area (Å²) >= 11 is 0. The van der Waals surface area contributed by atoms with Crippen molar-refractivity contribution in [1.29, 1.82) is 0 Å².